The summed E-state index contributed by atoms with van der Waals surface area (Å²) in [5, 5.41) is 3.47. The SMILES string of the molecule is CCc1nc(NS(=O)(=O)c2cc(C)cc(F)c2)no1. The van der Waals surface area contributed by atoms with Crippen LogP contribution >= 0.6 is 0 Å². The standard InChI is InChI=1S/C11H12FN3O3S/c1-3-10-13-11(14-18-10)15-19(16,17)9-5-7(2)4-8(12)6-9/h4-6H,3H2,1-2H3,(H,14,15). The van der Waals surface area contributed by atoms with Gasteiger partial charge in [0.1, 0.15) is 5.82 Å². The first kappa shape index (κ1) is 13.5. The number of rotatable bonds is 4. The molecule has 2 aromatic rings. The van der Waals surface area contributed by atoms with Crippen molar-refractivity contribution in [3.05, 3.63) is 35.5 Å². The lowest BCUT2D eigenvalue weighted by Crippen LogP contribution is -2.14. The highest BCUT2D eigenvalue weighted by atomic mass is 32.2. The molecule has 102 valence electrons. The molecule has 0 bridgehead atoms. The highest BCUT2D eigenvalue weighted by molar-refractivity contribution is 7.92. The molecule has 1 aromatic carbocycles. The molecule has 0 saturated heterocycles. The molecular weight excluding hydrogens is 273 g/mol. The number of anilines is 1. The molecule has 2 rings (SSSR count). The first-order valence-electron chi connectivity index (χ1n) is 5.53. The number of benzene rings is 1. The van der Waals surface area contributed by atoms with E-state index in [4.69, 9.17) is 4.52 Å². The largest absolute Gasteiger partial charge is 0.337 e. The second-order valence-corrected chi connectivity index (χ2v) is 5.62. The van der Waals surface area contributed by atoms with E-state index in [0.717, 1.165) is 6.07 Å². The van der Waals surface area contributed by atoms with Crippen molar-refractivity contribution in [3.8, 4) is 0 Å². The highest BCUT2D eigenvalue weighted by Crippen LogP contribution is 2.17. The molecule has 0 spiro atoms. The maximum absolute atomic E-state index is 13.2. The molecule has 0 saturated carbocycles. The molecule has 1 aromatic heterocycles. The zero-order valence-corrected chi connectivity index (χ0v) is 11.2. The van der Waals surface area contributed by atoms with Crippen LogP contribution < -0.4 is 4.72 Å². The zero-order valence-electron chi connectivity index (χ0n) is 10.3. The fourth-order valence-electron chi connectivity index (χ4n) is 1.48. The third-order valence-corrected chi connectivity index (χ3v) is 3.63. The Morgan fingerprint density at radius 2 is 2.11 bits per heavy atom. The van der Waals surface area contributed by atoms with Gasteiger partial charge in [-0.25, -0.2) is 17.5 Å². The third-order valence-electron chi connectivity index (χ3n) is 2.32. The molecule has 8 heteroatoms. The molecule has 6 nitrogen and oxygen atoms in total. The minimum absolute atomic E-state index is 0.168. The van der Waals surface area contributed by atoms with E-state index in [-0.39, 0.29) is 10.8 Å². The fourth-order valence-corrected chi connectivity index (χ4v) is 2.53. The fraction of sp³-hybridized carbons (Fsp3) is 0.273. The Hall–Kier alpha value is -1.96. The van der Waals surface area contributed by atoms with Crippen LogP contribution in [0.4, 0.5) is 10.3 Å². The Kier molecular flexibility index (Phi) is 3.52. The average molecular weight is 285 g/mol. The van der Waals surface area contributed by atoms with Gasteiger partial charge in [-0.15, -0.1) is 0 Å². The van der Waals surface area contributed by atoms with Gasteiger partial charge in [-0.05, 0) is 35.8 Å². The first-order chi connectivity index (χ1) is 8.90. The molecule has 0 aliphatic carbocycles. The summed E-state index contributed by atoms with van der Waals surface area (Å²) in [5.41, 5.74) is 0.503. The summed E-state index contributed by atoms with van der Waals surface area (Å²) in [6, 6.07) is 3.52. The Morgan fingerprint density at radius 1 is 1.37 bits per heavy atom. The van der Waals surface area contributed by atoms with E-state index in [1.807, 2.05) is 0 Å². The van der Waals surface area contributed by atoms with E-state index in [1.54, 1.807) is 13.8 Å². The maximum atomic E-state index is 13.2. The van der Waals surface area contributed by atoms with Gasteiger partial charge in [0.05, 0.1) is 4.90 Å². The number of aromatic nitrogens is 2. The van der Waals surface area contributed by atoms with Gasteiger partial charge in [0.15, 0.2) is 0 Å². The summed E-state index contributed by atoms with van der Waals surface area (Å²) < 4.78 is 44.1. The lowest BCUT2D eigenvalue weighted by molar-refractivity contribution is 0.383. The lowest BCUT2D eigenvalue weighted by Gasteiger charge is -2.05. The highest BCUT2D eigenvalue weighted by Gasteiger charge is 2.18. The topological polar surface area (TPSA) is 85.1 Å². The van der Waals surface area contributed by atoms with Crippen LogP contribution in [0.25, 0.3) is 0 Å². The normalized spacial score (nSPS) is 11.5. The number of hydrogen-bond donors (Lipinski definition) is 1. The van der Waals surface area contributed by atoms with Crippen LogP contribution in [0.5, 0.6) is 0 Å². The smallest absolute Gasteiger partial charge is 0.277 e. The van der Waals surface area contributed by atoms with Crippen LogP contribution in [0.1, 0.15) is 18.4 Å². The van der Waals surface area contributed by atoms with E-state index < -0.39 is 15.8 Å². The van der Waals surface area contributed by atoms with Crippen LogP contribution in [0, 0.1) is 12.7 Å². The van der Waals surface area contributed by atoms with Gasteiger partial charge in [-0.2, -0.15) is 4.98 Å². The number of hydrogen-bond acceptors (Lipinski definition) is 5. The summed E-state index contributed by atoms with van der Waals surface area (Å²) in [6.07, 6.45) is 0.494. The molecule has 0 atom stereocenters. The van der Waals surface area contributed by atoms with Crippen LogP contribution in [0.2, 0.25) is 0 Å². The zero-order chi connectivity index (χ0) is 14.0. The Balaban J connectivity index is 2.31. The Labute approximate surface area is 109 Å². The summed E-state index contributed by atoms with van der Waals surface area (Å²) in [4.78, 5) is 3.64. The second kappa shape index (κ2) is 4.96. The Bertz CT molecular complexity index is 677. The van der Waals surface area contributed by atoms with Gasteiger partial charge in [-0.3, -0.25) is 0 Å². The molecule has 0 radical (unpaired) electrons. The molecule has 0 aliphatic heterocycles. The monoisotopic (exact) mass is 285 g/mol. The summed E-state index contributed by atoms with van der Waals surface area (Å²) in [5.74, 6) is -0.477. The average Bonchev–Trinajstić information content (AvgIpc) is 2.74. The molecule has 19 heavy (non-hydrogen) atoms. The van der Waals surface area contributed by atoms with Crippen molar-refractivity contribution in [1.29, 1.82) is 0 Å². The molecule has 0 aliphatic rings. The van der Waals surface area contributed by atoms with E-state index in [1.165, 1.54) is 12.1 Å². The maximum Gasteiger partial charge on any atom is 0.277 e. The molecule has 1 heterocycles. The molecule has 0 amide bonds. The molecule has 1 N–H and O–H groups in total. The number of nitrogens with zero attached hydrogens (tertiary/aromatic N) is 2. The van der Waals surface area contributed by atoms with E-state index in [9.17, 15) is 12.8 Å². The number of nitrogens with one attached hydrogen (secondary N) is 1. The van der Waals surface area contributed by atoms with Crippen molar-refractivity contribution < 1.29 is 17.3 Å². The predicted molar refractivity (Wildman–Crippen MR) is 65.6 cm³/mol. The van der Waals surface area contributed by atoms with Crippen LogP contribution in [0.3, 0.4) is 0 Å². The van der Waals surface area contributed by atoms with Crippen LogP contribution in [0.15, 0.2) is 27.6 Å². The van der Waals surface area contributed by atoms with Crippen molar-refractivity contribution >= 4 is 16.0 Å². The van der Waals surface area contributed by atoms with Gasteiger partial charge in [-0.1, -0.05) is 6.92 Å². The summed E-state index contributed by atoms with van der Waals surface area (Å²) >= 11 is 0. The third kappa shape index (κ3) is 3.08. The van der Waals surface area contributed by atoms with Crippen LogP contribution in [-0.2, 0) is 16.4 Å². The van der Waals surface area contributed by atoms with E-state index in [0.29, 0.717) is 17.9 Å². The lowest BCUT2D eigenvalue weighted by atomic mass is 10.2. The van der Waals surface area contributed by atoms with Crippen molar-refractivity contribution in [2.24, 2.45) is 0 Å². The number of aryl methyl sites for hydroxylation is 2. The minimum Gasteiger partial charge on any atom is -0.337 e. The predicted octanol–water partition coefficient (Wildman–Crippen LogP) is 1.88. The van der Waals surface area contributed by atoms with E-state index >= 15 is 0 Å². The van der Waals surface area contributed by atoms with Gasteiger partial charge >= 0.3 is 0 Å². The molecular formula is C11H12FN3O3S. The Morgan fingerprint density at radius 3 is 2.68 bits per heavy atom. The first-order valence-corrected chi connectivity index (χ1v) is 7.01. The number of sulfonamides is 1. The molecule has 0 unspecified atom stereocenters. The van der Waals surface area contributed by atoms with Gasteiger partial charge in [0.25, 0.3) is 16.0 Å². The molecule has 0 fully saturated rings. The van der Waals surface area contributed by atoms with Crippen LogP contribution in [-0.4, -0.2) is 18.6 Å². The number of halogens is 1. The van der Waals surface area contributed by atoms with Crippen molar-refractivity contribution in [1.82, 2.24) is 10.1 Å². The van der Waals surface area contributed by atoms with Gasteiger partial charge < -0.3 is 4.52 Å². The second-order valence-electron chi connectivity index (χ2n) is 3.94. The van der Waals surface area contributed by atoms with Crippen molar-refractivity contribution in [2.45, 2.75) is 25.2 Å². The van der Waals surface area contributed by atoms with Gasteiger partial charge in [0, 0.05) is 6.42 Å². The quantitative estimate of drug-likeness (QED) is 0.927. The summed E-state index contributed by atoms with van der Waals surface area (Å²) in [6.45, 7) is 3.40. The van der Waals surface area contributed by atoms with Gasteiger partial charge in [0.2, 0.25) is 5.89 Å². The summed E-state index contributed by atoms with van der Waals surface area (Å²) in [7, 11) is -3.93. The van der Waals surface area contributed by atoms with Crippen molar-refractivity contribution in [2.75, 3.05) is 4.72 Å². The van der Waals surface area contributed by atoms with Crippen molar-refractivity contribution in [3.63, 3.8) is 0 Å². The minimum atomic E-state index is -3.93. The van der Waals surface area contributed by atoms with E-state index in [2.05, 4.69) is 14.9 Å².